The molecular formula is C12H12ClF2N3O3. The molecule has 21 heavy (non-hydrogen) atoms. The summed E-state index contributed by atoms with van der Waals surface area (Å²) in [5.74, 6) is -3.99. The summed E-state index contributed by atoms with van der Waals surface area (Å²) in [5.41, 5.74) is 1.19. The summed E-state index contributed by atoms with van der Waals surface area (Å²) >= 11 is 0. The molecule has 2 heterocycles. The van der Waals surface area contributed by atoms with E-state index in [9.17, 15) is 18.4 Å². The molecule has 1 aromatic carbocycles. The minimum absolute atomic E-state index is 0. The topological polar surface area (TPSA) is 87.1 Å². The largest absolute Gasteiger partial charge is 0.417 e. The zero-order valence-electron chi connectivity index (χ0n) is 10.6. The van der Waals surface area contributed by atoms with Gasteiger partial charge in [0.25, 0.3) is 5.92 Å². The number of hydrogen-bond acceptors (Lipinski definition) is 4. The molecule has 0 radical (unpaired) electrons. The Morgan fingerprint density at radius 2 is 2.19 bits per heavy atom. The van der Waals surface area contributed by atoms with Crippen LogP contribution in [-0.4, -0.2) is 29.4 Å². The van der Waals surface area contributed by atoms with Crippen molar-refractivity contribution in [2.75, 3.05) is 11.9 Å². The highest BCUT2D eigenvalue weighted by molar-refractivity contribution is 5.96. The van der Waals surface area contributed by atoms with Gasteiger partial charge in [0.2, 0.25) is 5.91 Å². The molecule has 1 amide bonds. The second kappa shape index (κ2) is 5.45. The number of nitrogens with one attached hydrogen (secondary N) is 3. The standard InChI is InChI=1S/C12H11F2N3O3.ClH/c13-12(14)4-8(15-5-12)10(18)16-6-1-2-9-7(3-6)17-11(19)20-9;/h1-3,8,15H,4-5H2,(H,16,18)(H,17,19);1H. The second-order valence-corrected chi connectivity index (χ2v) is 4.71. The summed E-state index contributed by atoms with van der Waals surface area (Å²) in [6.07, 6.45) is -0.524. The Labute approximate surface area is 123 Å². The maximum atomic E-state index is 13.0. The number of halogens is 3. The van der Waals surface area contributed by atoms with Crippen molar-refractivity contribution in [1.82, 2.24) is 10.3 Å². The zero-order valence-corrected chi connectivity index (χ0v) is 11.4. The van der Waals surface area contributed by atoms with E-state index in [1.165, 1.54) is 18.2 Å². The third-order valence-corrected chi connectivity index (χ3v) is 3.11. The van der Waals surface area contributed by atoms with Gasteiger partial charge in [0.1, 0.15) is 0 Å². The van der Waals surface area contributed by atoms with Gasteiger partial charge in [0.05, 0.1) is 18.1 Å². The number of carbonyl (C=O) groups is 1. The van der Waals surface area contributed by atoms with Crippen LogP contribution in [0.2, 0.25) is 0 Å². The third-order valence-electron chi connectivity index (χ3n) is 3.11. The van der Waals surface area contributed by atoms with Crippen molar-refractivity contribution in [2.24, 2.45) is 0 Å². The van der Waals surface area contributed by atoms with Crippen molar-refractivity contribution in [3.05, 3.63) is 28.7 Å². The first-order valence-corrected chi connectivity index (χ1v) is 5.98. The molecule has 114 valence electrons. The van der Waals surface area contributed by atoms with Gasteiger partial charge >= 0.3 is 5.76 Å². The van der Waals surface area contributed by atoms with E-state index >= 15 is 0 Å². The summed E-state index contributed by atoms with van der Waals surface area (Å²) < 4.78 is 30.8. The first kappa shape index (κ1) is 15.5. The molecule has 1 aliphatic heterocycles. The predicted molar refractivity (Wildman–Crippen MR) is 74.1 cm³/mol. The lowest BCUT2D eigenvalue weighted by Gasteiger charge is -2.11. The molecule has 1 fully saturated rings. The molecule has 1 unspecified atom stereocenters. The molecule has 9 heteroatoms. The minimum Gasteiger partial charge on any atom is -0.408 e. The number of carbonyl (C=O) groups excluding carboxylic acids is 1. The summed E-state index contributed by atoms with van der Waals surface area (Å²) in [6, 6.07) is 3.62. The van der Waals surface area contributed by atoms with Crippen LogP contribution in [0.1, 0.15) is 6.42 Å². The van der Waals surface area contributed by atoms with Gasteiger partial charge in [0, 0.05) is 12.1 Å². The summed E-state index contributed by atoms with van der Waals surface area (Å²) in [7, 11) is 0. The van der Waals surface area contributed by atoms with Crippen LogP contribution in [0.3, 0.4) is 0 Å². The molecule has 6 nitrogen and oxygen atoms in total. The lowest BCUT2D eigenvalue weighted by Crippen LogP contribution is -2.35. The van der Waals surface area contributed by atoms with Gasteiger partial charge in [-0.15, -0.1) is 12.4 Å². The zero-order chi connectivity index (χ0) is 14.3. The van der Waals surface area contributed by atoms with Crippen LogP contribution in [0, 0.1) is 0 Å². The van der Waals surface area contributed by atoms with Crippen molar-refractivity contribution in [1.29, 1.82) is 0 Å². The van der Waals surface area contributed by atoms with Crippen LogP contribution in [0.4, 0.5) is 14.5 Å². The average molecular weight is 320 g/mol. The van der Waals surface area contributed by atoms with Crippen LogP contribution in [0.25, 0.3) is 11.1 Å². The fraction of sp³-hybridized carbons (Fsp3) is 0.333. The number of aromatic nitrogens is 1. The Morgan fingerprint density at radius 3 is 2.86 bits per heavy atom. The number of aromatic amines is 1. The van der Waals surface area contributed by atoms with Crippen molar-refractivity contribution in [2.45, 2.75) is 18.4 Å². The number of alkyl halides is 2. The molecular weight excluding hydrogens is 308 g/mol. The number of fused-ring (bicyclic) bond motifs is 1. The van der Waals surface area contributed by atoms with Crippen molar-refractivity contribution < 1.29 is 18.0 Å². The molecule has 1 atom stereocenters. The first-order chi connectivity index (χ1) is 9.43. The van der Waals surface area contributed by atoms with Gasteiger partial charge in [-0.3, -0.25) is 15.1 Å². The van der Waals surface area contributed by atoms with E-state index in [0.29, 0.717) is 16.8 Å². The molecule has 1 saturated heterocycles. The maximum Gasteiger partial charge on any atom is 0.417 e. The van der Waals surface area contributed by atoms with E-state index in [-0.39, 0.29) is 12.4 Å². The van der Waals surface area contributed by atoms with Gasteiger partial charge in [-0.05, 0) is 18.2 Å². The van der Waals surface area contributed by atoms with Crippen molar-refractivity contribution in [3.63, 3.8) is 0 Å². The normalized spacial score (nSPS) is 20.2. The average Bonchev–Trinajstić information content (AvgIpc) is 2.90. The smallest absolute Gasteiger partial charge is 0.408 e. The summed E-state index contributed by atoms with van der Waals surface area (Å²) in [5, 5.41) is 4.99. The highest BCUT2D eigenvalue weighted by atomic mass is 35.5. The lowest BCUT2D eigenvalue weighted by molar-refractivity contribution is -0.118. The van der Waals surface area contributed by atoms with E-state index in [0.717, 1.165) is 0 Å². The molecule has 2 aromatic rings. The molecule has 1 aliphatic rings. The Bertz CT molecular complexity index is 728. The van der Waals surface area contributed by atoms with Crippen LogP contribution < -0.4 is 16.4 Å². The third kappa shape index (κ3) is 3.22. The molecule has 0 saturated carbocycles. The Hall–Kier alpha value is -1.93. The van der Waals surface area contributed by atoms with Gasteiger partial charge in [-0.1, -0.05) is 0 Å². The number of rotatable bonds is 2. The SMILES string of the molecule is Cl.O=C(Nc1ccc2oc(=O)[nH]c2c1)C1CC(F)(F)CN1. The Balaban J connectivity index is 0.00000161. The van der Waals surface area contributed by atoms with E-state index in [4.69, 9.17) is 4.42 Å². The van der Waals surface area contributed by atoms with Gasteiger partial charge in [0.15, 0.2) is 5.58 Å². The van der Waals surface area contributed by atoms with Crippen molar-refractivity contribution in [3.8, 4) is 0 Å². The predicted octanol–water partition coefficient (Wildman–Crippen LogP) is 1.48. The van der Waals surface area contributed by atoms with E-state index < -0.39 is 36.6 Å². The first-order valence-electron chi connectivity index (χ1n) is 5.98. The number of benzene rings is 1. The molecule has 0 aliphatic carbocycles. The number of anilines is 1. The van der Waals surface area contributed by atoms with Gasteiger partial charge in [-0.25, -0.2) is 13.6 Å². The van der Waals surface area contributed by atoms with Crippen LogP contribution in [-0.2, 0) is 4.79 Å². The van der Waals surface area contributed by atoms with E-state index in [1.807, 2.05) is 0 Å². The second-order valence-electron chi connectivity index (χ2n) is 4.71. The maximum absolute atomic E-state index is 13.0. The molecule has 0 spiro atoms. The lowest BCUT2D eigenvalue weighted by atomic mass is 10.2. The molecule has 3 N–H and O–H groups in total. The van der Waals surface area contributed by atoms with Crippen LogP contribution in [0.15, 0.2) is 27.4 Å². The fourth-order valence-electron chi connectivity index (χ4n) is 2.16. The van der Waals surface area contributed by atoms with Gasteiger partial charge < -0.3 is 9.73 Å². The fourth-order valence-corrected chi connectivity index (χ4v) is 2.16. The van der Waals surface area contributed by atoms with Crippen LogP contribution in [0.5, 0.6) is 0 Å². The number of hydrogen-bond donors (Lipinski definition) is 3. The summed E-state index contributed by atoms with van der Waals surface area (Å²) in [4.78, 5) is 25.3. The van der Waals surface area contributed by atoms with Crippen molar-refractivity contribution >= 4 is 35.1 Å². The van der Waals surface area contributed by atoms with Crippen LogP contribution >= 0.6 is 12.4 Å². The Morgan fingerprint density at radius 1 is 1.43 bits per heavy atom. The Kier molecular flexibility index (Phi) is 4.02. The molecule has 1 aromatic heterocycles. The van der Waals surface area contributed by atoms with Gasteiger partial charge in [-0.2, -0.15) is 0 Å². The quantitative estimate of drug-likeness (QED) is 0.782. The minimum atomic E-state index is -2.86. The molecule has 3 rings (SSSR count). The van der Waals surface area contributed by atoms with E-state index in [2.05, 4.69) is 15.6 Å². The highest BCUT2D eigenvalue weighted by Crippen LogP contribution is 2.26. The number of amides is 1. The highest BCUT2D eigenvalue weighted by Gasteiger charge is 2.42. The molecule has 0 bridgehead atoms. The summed E-state index contributed by atoms with van der Waals surface area (Å²) in [6.45, 7) is -0.501. The van der Waals surface area contributed by atoms with E-state index in [1.54, 1.807) is 0 Å². The monoisotopic (exact) mass is 319 g/mol. The number of oxazole rings is 1. The number of H-pyrrole nitrogens is 1.